The van der Waals surface area contributed by atoms with Gasteiger partial charge >= 0.3 is 5.97 Å². The summed E-state index contributed by atoms with van der Waals surface area (Å²) in [5.74, 6) is -0.716. The number of carboxylic acid groups (broad SMARTS) is 1. The van der Waals surface area contributed by atoms with Gasteiger partial charge in [-0.25, -0.2) is 9.97 Å². The van der Waals surface area contributed by atoms with Crippen molar-refractivity contribution in [1.29, 1.82) is 0 Å². The molecule has 0 aromatic carbocycles. The third-order valence-corrected chi connectivity index (χ3v) is 3.65. The molecule has 2 aromatic heterocycles. The molecule has 0 fully saturated rings. The van der Waals surface area contributed by atoms with E-state index < -0.39 is 11.9 Å². The van der Waals surface area contributed by atoms with Crippen LogP contribution in [0.2, 0.25) is 0 Å². The number of nitrogens with zero attached hydrogens (tertiary/aromatic N) is 4. The van der Waals surface area contributed by atoms with Crippen molar-refractivity contribution in [2.45, 2.75) is 11.9 Å². The van der Waals surface area contributed by atoms with Gasteiger partial charge in [0.2, 0.25) is 0 Å². The number of carbonyl (C=O) groups is 1. The fourth-order valence-electron chi connectivity index (χ4n) is 1.33. The Kier molecular flexibility index (Phi) is 3.28. The molecule has 0 saturated heterocycles. The monoisotopic (exact) mass is 252 g/mol. The van der Waals surface area contributed by atoms with Crippen molar-refractivity contribution >= 4 is 28.8 Å². The number of aromatic nitrogens is 4. The maximum Gasteiger partial charge on any atom is 0.307 e. The van der Waals surface area contributed by atoms with E-state index in [9.17, 15) is 4.79 Å². The molecule has 1 N–H and O–H groups in total. The van der Waals surface area contributed by atoms with E-state index in [1.54, 1.807) is 17.8 Å². The normalized spacial score (nSPS) is 12.8. The van der Waals surface area contributed by atoms with Crippen LogP contribution in [0.1, 0.15) is 6.92 Å². The number of thioether (sulfide) groups is 1. The maximum absolute atomic E-state index is 10.7. The van der Waals surface area contributed by atoms with Crippen LogP contribution in [-0.4, -0.2) is 36.6 Å². The highest BCUT2D eigenvalue weighted by Gasteiger charge is 2.14. The van der Waals surface area contributed by atoms with Crippen molar-refractivity contribution in [3.63, 3.8) is 0 Å². The fraction of sp³-hybridized carbons (Fsp3) is 0.400. The SMILES string of the molecule is CC(CSc1ncnc2c1cnn2C)C(=O)O. The van der Waals surface area contributed by atoms with Gasteiger partial charge in [0.15, 0.2) is 5.65 Å². The Morgan fingerprint density at radius 3 is 3.06 bits per heavy atom. The van der Waals surface area contributed by atoms with Gasteiger partial charge in [0, 0.05) is 12.8 Å². The third kappa shape index (κ3) is 2.38. The van der Waals surface area contributed by atoms with Gasteiger partial charge in [0.05, 0.1) is 17.5 Å². The maximum atomic E-state index is 10.7. The quantitative estimate of drug-likeness (QED) is 0.650. The summed E-state index contributed by atoms with van der Waals surface area (Å²) in [6.07, 6.45) is 3.17. The van der Waals surface area contributed by atoms with E-state index in [2.05, 4.69) is 15.1 Å². The highest BCUT2D eigenvalue weighted by atomic mass is 32.2. The lowest BCUT2D eigenvalue weighted by Gasteiger charge is -2.05. The number of fused-ring (bicyclic) bond motifs is 1. The zero-order valence-corrected chi connectivity index (χ0v) is 10.3. The van der Waals surface area contributed by atoms with Crippen LogP contribution < -0.4 is 0 Å². The molecule has 2 rings (SSSR count). The van der Waals surface area contributed by atoms with E-state index in [0.717, 1.165) is 16.1 Å². The summed E-state index contributed by atoms with van der Waals surface area (Å²) in [5, 5.41) is 14.6. The highest BCUT2D eigenvalue weighted by Crippen LogP contribution is 2.25. The molecule has 90 valence electrons. The molecular weight excluding hydrogens is 240 g/mol. The van der Waals surface area contributed by atoms with Crippen LogP contribution in [0.3, 0.4) is 0 Å². The first-order valence-electron chi connectivity index (χ1n) is 5.08. The molecule has 0 spiro atoms. The first-order valence-corrected chi connectivity index (χ1v) is 6.06. The Hall–Kier alpha value is -1.63. The van der Waals surface area contributed by atoms with Crippen molar-refractivity contribution in [2.75, 3.05) is 5.75 Å². The van der Waals surface area contributed by atoms with Crippen LogP contribution in [0.4, 0.5) is 0 Å². The number of carboxylic acids is 1. The van der Waals surface area contributed by atoms with Crippen LogP contribution in [-0.2, 0) is 11.8 Å². The smallest absolute Gasteiger partial charge is 0.307 e. The highest BCUT2D eigenvalue weighted by molar-refractivity contribution is 7.99. The standard InChI is InChI=1S/C10H12N4O2S/c1-6(10(15)16)4-17-9-7-3-13-14(2)8(7)11-5-12-9/h3,5-6H,4H2,1-2H3,(H,15,16). The van der Waals surface area contributed by atoms with Crippen LogP contribution in [0, 0.1) is 5.92 Å². The van der Waals surface area contributed by atoms with E-state index in [4.69, 9.17) is 5.11 Å². The van der Waals surface area contributed by atoms with Gasteiger partial charge in [0.1, 0.15) is 11.4 Å². The lowest BCUT2D eigenvalue weighted by atomic mass is 10.2. The van der Waals surface area contributed by atoms with E-state index in [0.29, 0.717) is 5.75 Å². The Morgan fingerprint density at radius 1 is 1.59 bits per heavy atom. The van der Waals surface area contributed by atoms with Crippen LogP contribution >= 0.6 is 11.8 Å². The van der Waals surface area contributed by atoms with E-state index in [1.165, 1.54) is 18.1 Å². The largest absolute Gasteiger partial charge is 0.481 e. The van der Waals surface area contributed by atoms with Crippen molar-refractivity contribution in [3.05, 3.63) is 12.5 Å². The third-order valence-electron chi connectivity index (χ3n) is 2.38. The molecule has 1 unspecified atom stereocenters. The summed E-state index contributed by atoms with van der Waals surface area (Å²) in [6.45, 7) is 1.68. The second-order valence-corrected chi connectivity index (χ2v) is 4.74. The van der Waals surface area contributed by atoms with Gasteiger partial charge < -0.3 is 5.11 Å². The van der Waals surface area contributed by atoms with Crippen LogP contribution in [0.15, 0.2) is 17.6 Å². The van der Waals surface area contributed by atoms with Gasteiger partial charge in [0.25, 0.3) is 0 Å². The number of aryl methyl sites for hydroxylation is 1. The van der Waals surface area contributed by atoms with Crippen molar-refractivity contribution in [3.8, 4) is 0 Å². The molecule has 6 nitrogen and oxygen atoms in total. The molecule has 2 aromatic rings. The molecule has 0 saturated carbocycles. The summed E-state index contributed by atoms with van der Waals surface area (Å²) in [7, 11) is 1.81. The molecule has 0 aliphatic rings. The van der Waals surface area contributed by atoms with Crippen LogP contribution in [0.5, 0.6) is 0 Å². The molecule has 2 heterocycles. The van der Waals surface area contributed by atoms with Gasteiger partial charge in [-0.1, -0.05) is 6.92 Å². The second kappa shape index (κ2) is 4.70. The minimum absolute atomic E-state index is 0.401. The predicted molar refractivity (Wildman–Crippen MR) is 63.8 cm³/mol. The summed E-state index contributed by atoms with van der Waals surface area (Å²) in [4.78, 5) is 19.0. The first-order chi connectivity index (χ1) is 8.09. The van der Waals surface area contributed by atoms with Gasteiger partial charge in [-0.3, -0.25) is 9.48 Å². The Balaban J connectivity index is 2.21. The summed E-state index contributed by atoms with van der Waals surface area (Å²) < 4.78 is 1.67. The zero-order chi connectivity index (χ0) is 12.4. The Bertz CT molecular complexity index is 554. The van der Waals surface area contributed by atoms with Gasteiger partial charge in [-0.15, -0.1) is 11.8 Å². The Labute approximate surface area is 102 Å². The molecule has 0 radical (unpaired) electrons. The molecular formula is C10H12N4O2S. The van der Waals surface area contributed by atoms with Crippen molar-refractivity contribution < 1.29 is 9.90 Å². The number of hydrogen-bond acceptors (Lipinski definition) is 5. The van der Waals surface area contributed by atoms with Crippen LogP contribution in [0.25, 0.3) is 11.0 Å². The van der Waals surface area contributed by atoms with Gasteiger partial charge in [-0.05, 0) is 0 Å². The van der Waals surface area contributed by atoms with E-state index in [-0.39, 0.29) is 0 Å². The summed E-state index contributed by atoms with van der Waals surface area (Å²) in [6, 6.07) is 0. The van der Waals surface area contributed by atoms with Crippen molar-refractivity contribution in [2.24, 2.45) is 13.0 Å². The molecule has 0 aliphatic heterocycles. The summed E-state index contributed by atoms with van der Waals surface area (Å²) >= 11 is 1.41. The zero-order valence-electron chi connectivity index (χ0n) is 9.49. The number of hydrogen-bond donors (Lipinski definition) is 1. The summed E-state index contributed by atoms with van der Waals surface area (Å²) in [5.41, 5.74) is 0.755. The molecule has 1 atom stereocenters. The number of rotatable bonds is 4. The van der Waals surface area contributed by atoms with Crippen molar-refractivity contribution in [1.82, 2.24) is 19.7 Å². The van der Waals surface area contributed by atoms with Gasteiger partial charge in [-0.2, -0.15) is 5.10 Å². The average Bonchev–Trinajstić information content (AvgIpc) is 2.69. The molecule has 0 aliphatic carbocycles. The minimum Gasteiger partial charge on any atom is -0.481 e. The lowest BCUT2D eigenvalue weighted by Crippen LogP contribution is -2.11. The topological polar surface area (TPSA) is 80.9 Å². The van der Waals surface area contributed by atoms with E-state index in [1.807, 2.05) is 7.05 Å². The lowest BCUT2D eigenvalue weighted by molar-refractivity contribution is -0.140. The molecule has 0 bridgehead atoms. The molecule has 7 heteroatoms. The minimum atomic E-state index is -0.797. The predicted octanol–water partition coefficient (Wildman–Crippen LogP) is 1.18. The first kappa shape index (κ1) is 11.8. The average molecular weight is 252 g/mol. The Morgan fingerprint density at radius 2 is 2.35 bits per heavy atom. The fourth-order valence-corrected chi connectivity index (χ4v) is 2.30. The second-order valence-electron chi connectivity index (χ2n) is 3.73. The molecule has 17 heavy (non-hydrogen) atoms. The molecule has 0 amide bonds. The van der Waals surface area contributed by atoms with E-state index >= 15 is 0 Å². The number of aliphatic carboxylic acids is 1.